The third kappa shape index (κ3) is 2.65. The number of aromatic nitrogens is 1. The minimum atomic E-state index is -0.510. The maximum absolute atomic E-state index is 13.0. The van der Waals surface area contributed by atoms with Crippen molar-refractivity contribution in [2.75, 3.05) is 12.4 Å². The van der Waals surface area contributed by atoms with Crippen molar-refractivity contribution in [3.8, 4) is 5.75 Å². The summed E-state index contributed by atoms with van der Waals surface area (Å²) in [6.45, 7) is 1.53. The molecular weight excluding hydrogens is 328 g/mol. The molecule has 1 heterocycles. The number of benzene rings is 2. The molecule has 1 aliphatic carbocycles. The molecule has 2 N–H and O–H groups in total. The van der Waals surface area contributed by atoms with E-state index in [4.69, 9.17) is 4.74 Å². The van der Waals surface area contributed by atoms with Crippen LogP contribution in [-0.4, -0.2) is 23.8 Å². The highest BCUT2D eigenvalue weighted by atomic mass is 16.5. The lowest BCUT2D eigenvalue weighted by Gasteiger charge is -2.15. The quantitative estimate of drug-likeness (QED) is 0.683. The van der Waals surface area contributed by atoms with Gasteiger partial charge in [0.15, 0.2) is 5.78 Å². The standard InChI is InChI=1S/C21H20N2O3/c1-13(24)14-3-5-15(6-4-14)23-20(25)21(9-10-21)18-12-22-19-8-7-16(26-2)11-17(18)19/h3-8,11-12,22H,9-10H2,1-2H3,(H,23,25). The molecule has 0 radical (unpaired) electrons. The molecule has 1 aliphatic rings. The third-order valence-electron chi connectivity index (χ3n) is 5.14. The lowest BCUT2D eigenvalue weighted by atomic mass is 9.94. The smallest absolute Gasteiger partial charge is 0.235 e. The zero-order chi connectivity index (χ0) is 18.3. The van der Waals surface area contributed by atoms with Crippen LogP contribution >= 0.6 is 0 Å². The van der Waals surface area contributed by atoms with Crippen molar-refractivity contribution in [3.63, 3.8) is 0 Å². The molecule has 3 aromatic rings. The molecular formula is C21H20N2O3. The van der Waals surface area contributed by atoms with Crippen LogP contribution in [0.4, 0.5) is 5.69 Å². The van der Waals surface area contributed by atoms with Crippen LogP contribution in [0.5, 0.6) is 5.75 Å². The molecule has 0 unspecified atom stereocenters. The Morgan fingerprint density at radius 2 is 1.85 bits per heavy atom. The fourth-order valence-corrected chi connectivity index (χ4v) is 3.41. The Labute approximate surface area is 151 Å². The molecule has 132 valence electrons. The Balaban J connectivity index is 1.62. The van der Waals surface area contributed by atoms with Gasteiger partial charge in [-0.2, -0.15) is 0 Å². The number of Topliss-reactive ketones (excluding diaryl/α,β-unsaturated/α-hetero) is 1. The van der Waals surface area contributed by atoms with Crippen LogP contribution in [-0.2, 0) is 10.2 Å². The van der Waals surface area contributed by atoms with Crippen molar-refractivity contribution in [3.05, 3.63) is 59.8 Å². The van der Waals surface area contributed by atoms with Gasteiger partial charge in [-0.25, -0.2) is 0 Å². The summed E-state index contributed by atoms with van der Waals surface area (Å²) in [7, 11) is 1.64. The Morgan fingerprint density at radius 1 is 1.12 bits per heavy atom. The van der Waals surface area contributed by atoms with Crippen LogP contribution in [0.25, 0.3) is 10.9 Å². The van der Waals surface area contributed by atoms with E-state index in [0.717, 1.165) is 35.1 Å². The van der Waals surface area contributed by atoms with Crippen molar-refractivity contribution in [1.29, 1.82) is 0 Å². The first-order valence-corrected chi connectivity index (χ1v) is 8.61. The number of methoxy groups -OCH3 is 1. The number of H-pyrrole nitrogens is 1. The van der Waals surface area contributed by atoms with Gasteiger partial charge >= 0.3 is 0 Å². The molecule has 0 bridgehead atoms. The van der Waals surface area contributed by atoms with Gasteiger partial charge < -0.3 is 15.0 Å². The second-order valence-electron chi connectivity index (χ2n) is 6.78. The molecule has 1 aromatic heterocycles. The van der Waals surface area contributed by atoms with Gasteiger partial charge in [0.2, 0.25) is 5.91 Å². The summed E-state index contributed by atoms with van der Waals surface area (Å²) in [6.07, 6.45) is 3.55. The van der Waals surface area contributed by atoms with Crippen molar-refractivity contribution in [2.24, 2.45) is 0 Å². The molecule has 5 nitrogen and oxygen atoms in total. The van der Waals surface area contributed by atoms with Crippen molar-refractivity contribution >= 4 is 28.3 Å². The van der Waals surface area contributed by atoms with E-state index in [-0.39, 0.29) is 11.7 Å². The summed E-state index contributed by atoms with van der Waals surface area (Å²) in [5.74, 6) is 0.764. The largest absolute Gasteiger partial charge is 0.497 e. The van der Waals surface area contributed by atoms with Gasteiger partial charge in [0.1, 0.15) is 5.75 Å². The zero-order valence-electron chi connectivity index (χ0n) is 14.8. The monoisotopic (exact) mass is 348 g/mol. The molecule has 5 heteroatoms. The molecule has 1 fully saturated rings. The van der Waals surface area contributed by atoms with E-state index in [1.54, 1.807) is 31.4 Å². The summed E-state index contributed by atoms with van der Waals surface area (Å²) >= 11 is 0. The molecule has 4 rings (SSSR count). The summed E-state index contributed by atoms with van der Waals surface area (Å²) in [4.78, 5) is 27.6. The van der Waals surface area contributed by atoms with Gasteiger partial charge in [-0.05, 0) is 67.8 Å². The summed E-state index contributed by atoms with van der Waals surface area (Å²) in [6, 6.07) is 12.8. The van der Waals surface area contributed by atoms with Crippen LogP contribution in [0, 0.1) is 0 Å². The van der Waals surface area contributed by atoms with Crippen LogP contribution in [0.1, 0.15) is 35.7 Å². The predicted molar refractivity (Wildman–Crippen MR) is 101 cm³/mol. The highest BCUT2D eigenvalue weighted by molar-refractivity contribution is 6.05. The van der Waals surface area contributed by atoms with E-state index in [9.17, 15) is 9.59 Å². The summed E-state index contributed by atoms with van der Waals surface area (Å²) < 4.78 is 5.32. The number of carbonyl (C=O) groups excluding carboxylic acids is 2. The van der Waals surface area contributed by atoms with Gasteiger partial charge in [0.05, 0.1) is 12.5 Å². The number of amides is 1. The molecule has 0 atom stereocenters. The number of nitrogens with one attached hydrogen (secondary N) is 2. The van der Waals surface area contributed by atoms with Crippen LogP contribution in [0.2, 0.25) is 0 Å². The number of aromatic amines is 1. The van der Waals surface area contributed by atoms with Gasteiger partial charge in [0, 0.05) is 28.4 Å². The molecule has 1 saturated carbocycles. The first-order valence-electron chi connectivity index (χ1n) is 8.61. The Kier molecular flexibility index (Phi) is 3.80. The Bertz CT molecular complexity index is 998. The highest BCUT2D eigenvalue weighted by Gasteiger charge is 2.52. The number of carbonyl (C=O) groups is 2. The minimum absolute atomic E-state index is 0.00859. The second kappa shape index (κ2) is 6.02. The van der Waals surface area contributed by atoms with E-state index in [1.165, 1.54) is 6.92 Å². The van der Waals surface area contributed by atoms with E-state index in [1.807, 2.05) is 24.4 Å². The zero-order valence-corrected chi connectivity index (χ0v) is 14.8. The number of ketones is 1. The predicted octanol–water partition coefficient (Wildman–Crippen LogP) is 4.05. The topological polar surface area (TPSA) is 71.2 Å². The van der Waals surface area contributed by atoms with E-state index in [0.29, 0.717) is 11.3 Å². The first kappa shape index (κ1) is 16.4. The van der Waals surface area contributed by atoms with Crippen molar-refractivity contribution in [2.45, 2.75) is 25.2 Å². The van der Waals surface area contributed by atoms with E-state index < -0.39 is 5.41 Å². The lowest BCUT2D eigenvalue weighted by Crippen LogP contribution is -2.27. The SMILES string of the molecule is COc1ccc2[nH]cc(C3(C(=O)Nc4ccc(C(C)=O)cc4)CC3)c2c1. The number of fused-ring (bicyclic) bond motifs is 1. The lowest BCUT2D eigenvalue weighted by molar-refractivity contribution is -0.118. The molecule has 26 heavy (non-hydrogen) atoms. The Morgan fingerprint density at radius 3 is 2.46 bits per heavy atom. The number of hydrogen-bond donors (Lipinski definition) is 2. The van der Waals surface area contributed by atoms with Crippen LogP contribution in [0.3, 0.4) is 0 Å². The molecule has 0 spiro atoms. The van der Waals surface area contributed by atoms with Crippen molar-refractivity contribution in [1.82, 2.24) is 4.98 Å². The maximum atomic E-state index is 13.0. The number of anilines is 1. The second-order valence-corrected chi connectivity index (χ2v) is 6.78. The third-order valence-corrected chi connectivity index (χ3v) is 5.14. The van der Waals surface area contributed by atoms with Crippen LogP contribution in [0.15, 0.2) is 48.7 Å². The van der Waals surface area contributed by atoms with E-state index >= 15 is 0 Å². The average molecular weight is 348 g/mol. The fraction of sp³-hybridized carbons (Fsp3) is 0.238. The minimum Gasteiger partial charge on any atom is -0.497 e. The highest BCUT2D eigenvalue weighted by Crippen LogP contribution is 2.51. The molecule has 0 aliphatic heterocycles. The molecule has 1 amide bonds. The van der Waals surface area contributed by atoms with E-state index in [2.05, 4.69) is 10.3 Å². The summed E-state index contributed by atoms with van der Waals surface area (Å²) in [5.41, 5.74) is 2.82. The number of rotatable bonds is 5. The molecule has 2 aromatic carbocycles. The maximum Gasteiger partial charge on any atom is 0.235 e. The van der Waals surface area contributed by atoms with Gasteiger partial charge in [-0.1, -0.05) is 0 Å². The Hall–Kier alpha value is -3.08. The summed E-state index contributed by atoms with van der Waals surface area (Å²) in [5, 5.41) is 4.01. The van der Waals surface area contributed by atoms with Gasteiger partial charge in [-0.15, -0.1) is 0 Å². The average Bonchev–Trinajstić information content (AvgIpc) is 3.35. The number of ether oxygens (including phenoxy) is 1. The first-order chi connectivity index (χ1) is 12.5. The van der Waals surface area contributed by atoms with Crippen molar-refractivity contribution < 1.29 is 14.3 Å². The normalized spacial score (nSPS) is 14.8. The van der Waals surface area contributed by atoms with Crippen LogP contribution < -0.4 is 10.1 Å². The fourth-order valence-electron chi connectivity index (χ4n) is 3.41. The number of hydrogen-bond acceptors (Lipinski definition) is 3. The molecule has 0 saturated heterocycles. The van der Waals surface area contributed by atoms with Gasteiger partial charge in [-0.3, -0.25) is 9.59 Å². The van der Waals surface area contributed by atoms with Gasteiger partial charge in [0.25, 0.3) is 0 Å².